The van der Waals surface area contributed by atoms with Gasteiger partial charge in [0.2, 0.25) is 0 Å². The zero-order valence-electron chi connectivity index (χ0n) is 21.1. The Kier molecular flexibility index (Phi) is 8.95. The summed E-state index contributed by atoms with van der Waals surface area (Å²) in [5, 5.41) is 0. The molecule has 196 valence electrons. The van der Waals surface area contributed by atoms with Crippen LogP contribution in [-0.4, -0.2) is 66.3 Å². The Morgan fingerprint density at radius 1 is 1.06 bits per heavy atom. The second kappa shape index (κ2) is 12.1. The van der Waals surface area contributed by atoms with Crippen molar-refractivity contribution in [2.75, 3.05) is 56.3 Å². The minimum atomic E-state index is -3.24. The first-order chi connectivity index (χ1) is 17.4. The summed E-state index contributed by atoms with van der Waals surface area (Å²) in [5.41, 5.74) is 9.18. The molecule has 0 atom stereocenters. The summed E-state index contributed by atoms with van der Waals surface area (Å²) >= 11 is 0. The molecule has 0 bridgehead atoms. The first-order valence-corrected chi connectivity index (χ1v) is 14.4. The molecule has 1 fully saturated rings. The summed E-state index contributed by atoms with van der Waals surface area (Å²) in [6.45, 7) is 8.11. The van der Waals surface area contributed by atoms with E-state index in [2.05, 4.69) is 39.1 Å². The fourth-order valence-corrected chi connectivity index (χ4v) is 6.12. The summed E-state index contributed by atoms with van der Waals surface area (Å²) in [5.74, 6) is 0.877. The summed E-state index contributed by atoms with van der Waals surface area (Å²) in [4.78, 5) is 25.7. The molecule has 0 saturated carbocycles. The number of anilines is 2. The summed E-state index contributed by atoms with van der Waals surface area (Å²) in [7, 11) is -3.24. The van der Waals surface area contributed by atoms with Crippen molar-refractivity contribution in [3.8, 4) is 6.01 Å². The van der Waals surface area contributed by atoms with Gasteiger partial charge in [0.15, 0.2) is 5.78 Å². The van der Waals surface area contributed by atoms with Crippen molar-refractivity contribution in [1.29, 1.82) is 0 Å². The number of Topliss-reactive ketones (excluding diaryl/α,β-unsaturated/α-hetero) is 1. The number of likely N-dealkylation sites (tertiary alicyclic amines) is 1. The van der Waals surface area contributed by atoms with E-state index < -0.39 is 7.60 Å². The van der Waals surface area contributed by atoms with Crippen molar-refractivity contribution in [3.63, 3.8) is 0 Å². The highest BCUT2D eigenvalue weighted by Crippen LogP contribution is 2.47. The number of rotatable bonds is 12. The van der Waals surface area contributed by atoms with Crippen molar-refractivity contribution in [1.82, 2.24) is 14.9 Å². The van der Waals surface area contributed by atoms with Crippen LogP contribution in [0.25, 0.3) is 0 Å². The van der Waals surface area contributed by atoms with Crippen molar-refractivity contribution in [2.24, 2.45) is 0 Å². The lowest BCUT2D eigenvalue weighted by atomic mass is 10.0. The average molecular weight is 518 g/mol. The Morgan fingerprint density at radius 3 is 2.44 bits per heavy atom. The van der Waals surface area contributed by atoms with E-state index in [1.807, 2.05) is 4.90 Å². The molecule has 1 aromatic carbocycles. The topological polar surface area (TPSA) is 120 Å². The first kappa shape index (κ1) is 26.5. The Hall–Kier alpha value is -2.52. The van der Waals surface area contributed by atoms with Crippen molar-refractivity contribution < 1.29 is 23.1 Å². The molecule has 0 amide bonds. The molecule has 36 heavy (non-hydrogen) atoms. The molecule has 11 heteroatoms. The highest BCUT2D eigenvalue weighted by molar-refractivity contribution is 7.53. The fraction of sp³-hybridized carbons (Fsp3) is 0.560. The molecule has 0 aliphatic carbocycles. The SMILES string of the molecule is CCOP(=O)(CCOc1nc(N)c2c(n1)N(Cc1cccc(CN3CCCC3)c1)CC(=O)C2)OCC. The highest BCUT2D eigenvalue weighted by Gasteiger charge is 2.29. The third-order valence-electron chi connectivity index (χ3n) is 6.26. The number of carbonyl (C=O) groups excluding carboxylic acids is 1. The minimum Gasteiger partial charge on any atom is -0.463 e. The van der Waals surface area contributed by atoms with Gasteiger partial charge in [0.25, 0.3) is 0 Å². The zero-order chi connectivity index (χ0) is 25.5. The van der Waals surface area contributed by atoms with Gasteiger partial charge in [-0.3, -0.25) is 14.3 Å². The number of benzene rings is 1. The molecule has 0 spiro atoms. The number of aromatic nitrogens is 2. The van der Waals surface area contributed by atoms with Crippen LogP contribution in [0, 0.1) is 0 Å². The van der Waals surface area contributed by atoms with Crippen LogP contribution in [0.5, 0.6) is 6.01 Å². The van der Waals surface area contributed by atoms with Crippen molar-refractivity contribution in [3.05, 3.63) is 41.0 Å². The molecular weight excluding hydrogens is 481 g/mol. The van der Waals surface area contributed by atoms with Gasteiger partial charge in [-0.25, -0.2) is 0 Å². The monoisotopic (exact) mass is 517 g/mol. The van der Waals surface area contributed by atoms with Crippen LogP contribution in [-0.2, 0) is 37.9 Å². The Morgan fingerprint density at radius 2 is 1.75 bits per heavy atom. The third kappa shape index (κ3) is 6.82. The normalized spacial score (nSPS) is 16.4. The molecule has 2 aromatic rings. The molecule has 2 N–H and O–H groups in total. The van der Waals surface area contributed by atoms with Crippen molar-refractivity contribution in [2.45, 2.75) is 46.2 Å². The van der Waals surface area contributed by atoms with Crippen LogP contribution in [0.15, 0.2) is 24.3 Å². The van der Waals surface area contributed by atoms with Crippen LogP contribution in [0.3, 0.4) is 0 Å². The van der Waals surface area contributed by atoms with Gasteiger partial charge in [-0.05, 0) is 50.9 Å². The molecule has 3 heterocycles. The summed E-state index contributed by atoms with van der Waals surface area (Å²) in [6, 6.07) is 8.54. The number of carbonyl (C=O) groups is 1. The van der Waals surface area contributed by atoms with E-state index in [1.54, 1.807) is 13.8 Å². The lowest BCUT2D eigenvalue weighted by Crippen LogP contribution is -2.36. The van der Waals surface area contributed by atoms with Crippen LogP contribution in [0.1, 0.15) is 43.4 Å². The number of nitrogens with zero attached hydrogens (tertiary/aromatic N) is 4. The van der Waals surface area contributed by atoms with Gasteiger partial charge in [-0.2, -0.15) is 9.97 Å². The second-order valence-electron chi connectivity index (χ2n) is 9.09. The predicted octanol–water partition coefficient (Wildman–Crippen LogP) is 3.43. The van der Waals surface area contributed by atoms with Crippen molar-refractivity contribution >= 4 is 25.0 Å². The van der Waals surface area contributed by atoms with Gasteiger partial charge in [-0.15, -0.1) is 0 Å². The molecule has 10 nitrogen and oxygen atoms in total. The molecule has 1 aromatic heterocycles. The predicted molar refractivity (Wildman–Crippen MR) is 138 cm³/mol. The van der Waals surface area contributed by atoms with E-state index in [9.17, 15) is 9.36 Å². The number of nitrogen functional groups attached to an aromatic ring is 1. The van der Waals surface area contributed by atoms with Gasteiger partial charge in [-0.1, -0.05) is 24.3 Å². The molecule has 2 aliphatic rings. The molecule has 1 saturated heterocycles. The quantitative estimate of drug-likeness (QED) is 0.419. The van der Waals surface area contributed by atoms with E-state index in [1.165, 1.54) is 18.4 Å². The van der Waals surface area contributed by atoms with Gasteiger partial charge in [0.1, 0.15) is 18.2 Å². The van der Waals surface area contributed by atoms with Gasteiger partial charge in [0, 0.05) is 25.1 Å². The Labute approximate surface area is 212 Å². The second-order valence-corrected chi connectivity index (χ2v) is 11.3. The fourth-order valence-electron chi connectivity index (χ4n) is 4.69. The number of ketones is 1. The number of fused-ring (bicyclic) bond motifs is 1. The van der Waals surface area contributed by atoms with E-state index in [-0.39, 0.29) is 56.6 Å². The number of hydrogen-bond acceptors (Lipinski definition) is 10. The third-order valence-corrected chi connectivity index (χ3v) is 8.29. The Bertz CT molecular complexity index is 1100. The molecule has 4 rings (SSSR count). The van der Waals surface area contributed by atoms with Gasteiger partial charge in [0.05, 0.1) is 25.9 Å². The minimum absolute atomic E-state index is 0.0486. The first-order valence-electron chi connectivity index (χ1n) is 12.6. The average Bonchev–Trinajstić information content (AvgIpc) is 3.33. The maximum Gasteiger partial charge on any atom is 0.334 e. The van der Waals surface area contributed by atoms with Crippen LogP contribution < -0.4 is 15.4 Å². The summed E-state index contributed by atoms with van der Waals surface area (Å²) in [6.07, 6.45) is 2.78. The summed E-state index contributed by atoms with van der Waals surface area (Å²) < 4.78 is 29.0. The zero-order valence-corrected chi connectivity index (χ0v) is 22.0. The molecule has 0 unspecified atom stereocenters. The van der Waals surface area contributed by atoms with Crippen LogP contribution in [0.2, 0.25) is 0 Å². The van der Waals surface area contributed by atoms with Gasteiger partial charge >= 0.3 is 13.6 Å². The van der Waals surface area contributed by atoms with Crippen LogP contribution >= 0.6 is 7.60 Å². The van der Waals surface area contributed by atoms with Gasteiger partial charge < -0.3 is 24.4 Å². The number of hydrogen-bond donors (Lipinski definition) is 1. The molecule has 2 aliphatic heterocycles. The standard InChI is InChI=1S/C25H36N5O5P/c1-3-34-36(32,35-4-2)13-12-33-25-27-23(26)22-15-21(31)18-30(24(22)28-25)17-20-9-7-8-19(14-20)16-29-10-5-6-11-29/h7-9,14H,3-6,10-13,15-18H2,1-2H3,(H2,26,27,28). The largest absolute Gasteiger partial charge is 0.463 e. The molecular formula is C25H36N5O5P. The maximum atomic E-state index is 12.7. The van der Waals surface area contributed by atoms with E-state index in [0.717, 1.165) is 25.2 Å². The lowest BCUT2D eigenvalue weighted by molar-refractivity contribution is -0.117. The number of nitrogens with two attached hydrogens (primary N) is 1. The maximum absolute atomic E-state index is 12.7. The lowest BCUT2D eigenvalue weighted by Gasteiger charge is -2.30. The van der Waals surface area contributed by atoms with Crippen LogP contribution in [0.4, 0.5) is 11.6 Å². The smallest absolute Gasteiger partial charge is 0.334 e. The van der Waals surface area contributed by atoms with E-state index >= 15 is 0 Å². The number of ether oxygens (including phenoxy) is 1. The van der Waals surface area contributed by atoms with E-state index in [4.69, 9.17) is 19.5 Å². The Balaban J connectivity index is 1.48. The van der Waals surface area contributed by atoms with E-state index in [0.29, 0.717) is 17.9 Å². The molecule has 0 radical (unpaired) electrons. The highest BCUT2D eigenvalue weighted by atomic mass is 31.2.